The Labute approximate surface area is 114 Å². The van der Waals surface area contributed by atoms with E-state index >= 15 is 0 Å². The van der Waals surface area contributed by atoms with Gasteiger partial charge in [0.1, 0.15) is 5.82 Å². The first-order chi connectivity index (χ1) is 9.06. The van der Waals surface area contributed by atoms with Gasteiger partial charge >= 0.3 is 5.97 Å². The van der Waals surface area contributed by atoms with Gasteiger partial charge in [-0.05, 0) is 25.5 Å². The summed E-state index contributed by atoms with van der Waals surface area (Å²) < 4.78 is 0. The molecule has 0 spiro atoms. The first kappa shape index (κ1) is 12.2. The van der Waals surface area contributed by atoms with Crippen LogP contribution in [0.4, 0.5) is 5.82 Å². The Morgan fingerprint density at radius 3 is 2.89 bits per heavy atom. The maximum absolute atomic E-state index is 10.9. The summed E-state index contributed by atoms with van der Waals surface area (Å²) in [5, 5.41) is 10.1. The third-order valence-corrected chi connectivity index (χ3v) is 3.72. The molecule has 2 aromatic heterocycles. The summed E-state index contributed by atoms with van der Waals surface area (Å²) in [4.78, 5) is 21.6. The van der Waals surface area contributed by atoms with Crippen LogP contribution in [0.1, 0.15) is 23.7 Å². The lowest BCUT2D eigenvalue weighted by Gasteiger charge is -2.40. The van der Waals surface area contributed by atoms with Gasteiger partial charge in [0.2, 0.25) is 0 Å². The van der Waals surface area contributed by atoms with E-state index in [1.54, 1.807) is 6.07 Å². The average molecular weight is 278 g/mol. The van der Waals surface area contributed by atoms with Gasteiger partial charge in [-0.15, -0.1) is 0 Å². The minimum absolute atomic E-state index is 0.135. The van der Waals surface area contributed by atoms with E-state index in [9.17, 15) is 4.79 Å². The molecule has 19 heavy (non-hydrogen) atoms. The van der Waals surface area contributed by atoms with Crippen LogP contribution in [0, 0.1) is 0 Å². The smallest absolute Gasteiger partial charge is 0.337 e. The van der Waals surface area contributed by atoms with E-state index in [4.69, 9.17) is 16.7 Å². The van der Waals surface area contributed by atoms with Gasteiger partial charge in [-0.2, -0.15) is 0 Å². The standard InChI is InChI=1S/C13H12ClN3O2/c1-7-2-3-17(7)12-10(14)5-8-4-9(13(18)19)6-15-11(8)16-12/h4-7H,2-3H2,1H3,(H,18,19). The van der Waals surface area contributed by atoms with Gasteiger partial charge in [-0.3, -0.25) is 0 Å². The fraction of sp³-hybridized carbons (Fsp3) is 0.308. The van der Waals surface area contributed by atoms with Crippen molar-refractivity contribution < 1.29 is 9.90 Å². The molecule has 1 atom stereocenters. The molecule has 98 valence electrons. The molecule has 1 fully saturated rings. The molecule has 3 heterocycles. The summed E-state index contributed by atoms with van der Waals surface area (Å²) in [6.07, 6.45) is 2.44. The quantitative estimate of drug-likeness (QED) is 0.914. The van der Waals surface area contributed by atoms with Gasteiger partial charge in [-0.25, -0.2) is 14.8 Å². The first-order valence-corrected chi connectivity index (χ1v) is 6.40. The number of halogens is 1. The normalized spacial score (nSPS) is 18.4. The average Bonchev–Trinajstić information content (AvgIpc) is 2.37. The lowest BCUT2D eigenvalue weighted by molar-refractivity contribution is 0.0696. The van der Waals surface area contributed by atoms with E-state index in [1.165, 1.54) is 12.3 Å². The van der Waals surface area contributed by atoms with E-state index in [0.717, 1.165) is 18.8 Å². The summed E-state index contributed by atoms with van der Waals surface area (Å²) in [6.45, 7) is 3.05. The Kier molecular flexibility index (Phi) is 2.78. The molecule has 0 amide bonds. The van der Waals surface area contributed by atoms with Crippen molar-refractivity contribution in [2.75, 3.05) is 11.4 Å². The molecule has 2 aromatic rings. The number of aromatic nitrogens is 2. The van der Waals surface area contributed by atoms with Crippen molar-refractivity contribution in [1.29, 1.82) is 0 Å². The van der Waals surface area contributed by atoms with Crippen LogP contribution in [-0.2, 0) is 0 Å². The lowest BCUT2D eigenvalue weighted by Crippen LogP contribution is -2.46. The molecule has 0 radical (unpaired) electrons. The number of anilines is 1. The van der Waals surface area contributed by atoms with Crippen molar-refractivity contribution >= 4 is 34.4 Å². The number of hydrogen-bond acceptors (Lipinski definition) is 4. The molecule has 5 nitrogen and oxygen atoms in total. The lowest BCUT2D eigenvalue weighted by atomic mass is 10.1. The second-order valence-electron chi connectivity index (χ2n) is 4.70. The fourth-order valence-corrected chi connectivity index (χ4v) is 2.45. The molecule has 0 aromatic carbocycles. The Morgan fingerprint density at radius 1 is 1.53 bits per heavy atom. The van der Waals surface area contributed by atoms with Gasteiger partial charge in [0.15, 0.2) is 5.65 Å². The van der Waals surface area contributed by atoms with Crippen LogP contribution in [-0.4, -0.2) is 33.6 Å². The van der Waals surface area contributed by atoms with Gasteiger partial charge in [-0.1, -0.05) is 11.6 Å². The van der Waals surface area contributed by atoms with E-state index in [2.05, 4.69) is 21.8 Å². The summed E-state index contributed by atoms with van der Waals surface area (Å²) in [5.41, 5.74) is 0.652. The first-order valence-electron chi connectivity index (χ1n) is 6.02. The molecular weight excluding hydrogens is 266 g/mol. The minimum atomic E-state index is -1.01. The minimum Gasteiger partial charge on any atom is -0.478 e. The van der Waals surface area contributed by atoms with Crippen LogP contribution in [0.25, 0.3) is 11.0 Å². The zero-order chi connectivity index (χ0) is 13.6. The van der Waals surface area contributed by atoms with Crippen LogP contribution in [0.3, 0.4) is 0 Å². The van der Waals surface area contributed by atoms with Crippen LogP contribution >= 0.6 is 11.6 Å². The largest absolute Gasteiger partial charge is 0.478 e. The molecule has 0 aliphatic carbocycles. The topological polar surface area (TPSA) is 66.3 Å². The van der Waals surface area contributed by atoms with Gasteiger partial charge in [0, 0.05) is 24.2 Å². The summed E-state index contributed by atoms with van der Waals surface area (Å²) in [7, 11) is 0. The van der Waals surface area contributed by atoms with Crippen molar-refractivity contribution in [2.24, 2.45) is 0 Å². The third kappa shape index (κ3) is 2.00. The number of rotatable bonds is 2. The molecule has 0 saturated carbocycles. The third-order valence-electron chi connectivity index (χ3n) is 3.44. The van der Waals surface area contributed by atoms with Gasteiger partial charge in [0.25, 0.3) is 0 Å². The number of hydrogen-bond donors (Lipinski definition) is 1. The molecule has 6 heteroatoms. The molecule has 0 bridgehead atoms. The Hall–Kier alpha value is -1.88. The number of aromatic carboxylic acids is 1. The van der Waals surface area contributed by atoms with Crippen molar-refractivity contribution in [3.63, 3.8) is 0 Å². The predicted molar refractivity (Wildman–Crippen MR) is 72.9 cm³/mol. The number of pyridine rings is 2. The maximum Gasteiger partial charge on any atom is 0.337 e. The highest BCUT2D eigenvalue weighted by Crippen LogP contribution is 2.32. The van der Waals surface area contributed by atoms with E-state index in [1.807, 2.05) is 0 Å². The molecule has 1 unspecified atom stereocenters. The zero-order valence-corrected chi connectivity index (χ0v) is 11.1. The summed E-state index contributed by atoms with van der Waals surface area (Å²) >= 11 is 6.23. The molecule has 3 rings (SSSR count). The van der Waals surface area contributed by atoms with Crippen molar-refractivity contribution in [1.82, 2.24) is 9.97 Å². The Bertz CT molecular complexity index is 674. The van der Waals surface area contributed by atoms with E-state index < -0.39 is 5.97 Å². The second kappa shape index (κ2) is 4.35. The van der Waals surface area contributed by atoms with Crippen LogP contribution < -0.4 is 4.90 Å². The van der Waals surface area contributed by atoms with E-state index in [0.29, 0.717) is 22.1 Å². The van der Waals surface area contributed by atoms with Crippen molar-refractivity contribution in [2.45, 2.75) is 19.4 Å². The zero-order valence-electron chi connectivity index (χ0n) is 10.3. The van der Waals surface area contributed by atoms with Crippen LogP contribution in [0.2, 0.25) is 5.02 Å². The molecule has 1 N–H and O–H groups in total. The van der Waals surface area contributed by atoms with Crippen LogP contribution in [0.5, 0.6) is 0 Å². The monoisotopic (exact) mass is 277 g/mol. The van der Waals surface area contributed by atoms with E-state index in [-0.39, 0.29) is 5.56 Å². The molecule has 1 aliphatic rings. The van der Waals surface area contributed by atoms with Crippen molar-refractivity contribution in [3.05, 3.63) is 28.9 Å². The van der Waals surface area contributed by atoms with Crippen LogP contribution in [0.15, 0.2) is 18.3 Å². The molecule has 1 saturated heterocycles. The summed E-state index contributed by atoms with van der Waals surface area (Å²) in [6, 6.07) is 3.69. The molecule has 1 aliphatic heterocycles. The summed E-state index contributed by atoms with van der Waals surface area (Å²) in [5.74, 6) is -0.283. The Morgan fingerprint density at radius 2 is 2.32 bits per heavy atom. The maximum atomic E-state index is 10.9. The fourth-order valence-electron chi connectivity index (χ4n) is 2.18. The number of carboxylic acid groups (broad SMARTS) is 1. The number of fused-ring (bicyclic) bond motifs is 1. The number of carbonyl (C=O) groups is 1. The number of carboxylic acids is 1. The predicted octanol–water partition coefficient (Wildman–Crippen LogP) is 2.58. The second-order valence-corrected chi connectivity index (χ2v) is 5.11. The number of nitrogens with zero attached hydrogens (tertiary/aromatic N) is 3. The SMILES string of the molecule is CC1CCN1c1nc2ncc(C(=O)O)cc2cc1Cl. The highest BCUT2D eigenvalue weighted by molar-refractivity contribution is 6.33. The van der Waals surface area contributed by atoms with Gasteiger partial charge < -0.3 is 10.0 Å². The molecular formula is C13H12ClN3O2. The Balaban J connectivity index is 2.11. The highest BCUT2D eigenvalue weighted by atomic mass is 35.5. The van der Waals surface area contributed by atoms with Gasteiger partial charge in [0.05, 0.1) is 10.6 Å². The van der Waals surface area contributed by atoms with Crippen molar-refractivity contribution in [3.8, 4) is 0 Å². The highest BCUT2D eigenvalue weighted by Gasteiger charge is 2.27.